The summed E-state index contributed by atoms with van der Waals surface area (Å²) in [6.45, 7) is 6.52. The Labute approximate surface area is 216 Å². The first-order valence-corrected chi connectivity index (χ1v) is 13.3. The van der Waals surface area contributed by atoms with Crippen molar-refractivity contribution in [3.63, 3.8) is 0 Å². The van der Waals surface area contributed by atoms with Gasteiger partial charge in [-0.3, -0.25) is 0 Å². The fourth-order valence-electron chi connectivity index (χ4n) is 4.47. The average molecular weight is 498 g/mol. The number of aryl methyl sites for hydroxylation is 1. The summed E-state index contributed by atoms with van der Waals surface area (Å²) in [5, 5.41) is 18.6. The smallest absolute Gasteiger partial charge is 0.346 e. The number of nitrogens with zero attached hydrogens (tertiary/aromatic N) is 3. The molecule has 0 radical (unpaired) electrons. The highest BCUT2D eigenvalue weighted by Crippen LogP contribution is 2.36. The van der Waals surface area contributed by atoms with Crippen molar-refractivity contribution in [3.8, 4) is 27.9 Å². The number of carboxylic acid groups (broad SMARTS) is 1. The summed E-state index contributed by atoms with van der Waals surface area (Å²) < 4.78 is 2.27. The quantitative estimate of drug-likeness (QED) is 0.136. The van der Waals surface area contributed by atoms with Crippen LogP contribution in [-0.2, 0) is 11.2 Å². The van der Waals surface area contributed by atoms with E-state index < -0.39 is 5.97 Å². The summed E-state index contributed by atoms with van der Waals surface area (Å²) in [6, 6.07) is 20.8. The number of benzene rings is 2. The van der Waals surface area contributed by atoms with E-state index in [0.717, 1.165) is 69.0 Å². The van der Waals surface area contributed by atoms with E-state index in [2.05, 4.69) is 61.7 Å². The fraction of sp³-hybridized carbons (Fsp3) is 0.300. The molecule has 0 bridgehead atoms. The molecule has 0 saturated carbocycles. The first-order valence-electron chi connectivity index (χ1n) is 12.5. The van der Waals surface area contributed by atoms with E-state index in [4.69, 9.17) is 4.98 Å². The van der Waals surface area contributed by atoms with Crippen LogP contribution in [0, 0.1) is 11.3 Å². The molecule has 184 valence electrons. The minimum atomic E-state index is -1.19. The lowest BCUT2D eigenvalue weighted by Gasteiger charge is -2.13. The number of carboxylic acids is 1. The van der Waals surface area contributed by atoms with Crippen molar-refractivity contribution in [3.05, 3.63) is 70.6 Å². The number of thiophene rings is 1. The lowest BCUT2D eigenvalue weighted by atomic mass is 10.0. The Morgan fingerprint density at radius 2 is 1.83 bits per heavy atom. The number of unbranched alkanes of at least 4 members (excludes halogenated alkanes) is 3. The van der Waals surface area contributed by atoms with Crippen LogP contribution in [0.25, 0.3) is 38.9 Å². The lowest BCUT2D eigenvalue weighted by Crippen LogP contribution is -2.02. The van der Waals surface area contributed by atoms with Crippen LogP contribution in [0.3, 0.4) is 0 Å². The molecule has 0 aliphatic carbocycles. The second-order valence-corrected chi connectivity index (χ2v) is 10.3. The Morgan fingerprint density at radius 1 is 1.11 bits per heavy atom. The van der Waals surface area contributed by atoms with E-state index in [9.17, 15) is 15.2 Å². The summed E-state index contributed by atoms with van der Waals surface area (Å²) >= 11 is 1.54. The van der Waals surface area contributed by atoms with Gasteiger partial charge in [-0.25, -0.2) is 9.78 Å². The third kappa shape index (κ3) is 5.42. The molecule has 0 aliphatic rings. The standard InChI is InChI=1S/C30H31N3O2S/c1-4-5-6-7-10-23-17-27(36-28(23)18-24(19-31)30(34)35)21-13-15-22(16-14-21)29-32-25-11-8-9-12-26(25)33(29)20(2)3/h8-9,11-18,20H,4-7,10H2,1-3H3,(H,34,35)/b24-18+. The molecule has 4 aromatic rings. The zero-order valence-corrected chi connectivity index (χ0v) is 21.8. The molecular formula is C30H31N3O2S. The molecule has 0 atom stereocenters. The SMILES string of the molecule is CCCCCCc1cc(-c2ccc(-c3nc4ccccc4n3C(C)C)cc2)sc1/C=C(\C#N)C(=O)O. The first-order chi connectivity index (χ1) is 17.4. The third-order valence-corrected chi connectivity index (χ3v) is 7.48. The minimum absolute atomic E-state index is 0.235. The molecule has 0 fully saturated rings. The summed E-state index contributed by atoms with van der Waals surface area (Å²) in [6.07, 6.45) is 6.92. The number of imidazole rings is 1. The normalized spacial score (nSPS) is 11.8. The monoisotopic (exact) mass is 497 g/mol. The highest BCUT2D eigenvalue weighted by molar-refractivity contribution is 7.16. The van der Waals surface area contributed by atoms with E-state index >= 15 is 0 Å². The van der Waals surface area contributed by atoms with Crippen LogP contribution >= 0.6 is 11.3 Å². The van der Waals surface area contributed by atoms with Crippen LogP contribution in [0.2, 0.25) is 0 Å². The van der Waals surface area contributed by atoms with Crippen molar-refractivity contribution < 1.29 is 9.90 Å². The van der Waals surface area contributed by atoms with Gasteiger partial charge in [0.25, 0.3) is 0 Å². The van der Waals surface area contributed by atoms with Gasteiger partial charge in [0.1, 0.15) is 17.5 Å². The van der Waals surface area contributed by atoms with Crippen LogP contribution < -0.4 is 0 Å². The molecule has 1 N–H and O–H groups in total. The summed E-state index contributed by atoms with van der Waals surface area (Å²) in [4.78, 5) is 18.3. The number of carbonyl (C=O) groups is 1. The van der Waals surface area contributed by atoms with Gasteiger partial charge in [0.15, 0.2) is 0 Å². The number of hydrogen-bond acceptors (Lipinski definition) is 4. The van der Waals surface area contributed by atoms with Gasteiger partial charge in [0.05, 0.1) is 11.0 Å². The molecule has 4 rings (SSSR count). The molecule has 2 aromatic carbocycles. The van der Waals surface area contributed by atoms with Gasteiger partial charge >= 0.3 is 5.97 Å². The molecular weight excluding hydrogens is 466 g/mol. The van der Waals surface area contributed by atoms with Crippen molar-refractivity contribution in [2.45, 2.75) is 58.9 Å². The van der Waals surface area contributed by atoms with Crippen LogP contribution in [0.15, 0.2) is 60.2 Å². The molecule has 36 heavy (non-hydrogen) atoms. The Hall–Kier alpha value is -3.69. The minimum Gasteiger partial charge on any atom is -0.477 e. The average Bonchev–Trinajstić information content (AvgIpc) is 3.46. The number of para-hydroxylation sites is 2. The van der Waals surface area contributed by atoms with Crippen LogP contribution in [0.5, 0.6) is 0 Å². The van der Waals surface area contributed by atoms with Crippen molar-refractivity contribution in [2.24, 2.45) is 0 Å². The molecule has 0 spiro atoms. The molecule has 0 saturated heterocycles. The Morgan fingerprint density at radius 3 is 2.50 bits per heavy atom. The number of fused-ring (bicyclic) bond motifs is 1. The highest BCUT2D eigenvalue weighted by Gasteiger charge is 2.16. The predicted molar refractivity (Wildman–Crippen MR) is 148 cm³/mol. The van der Waals surface area contributed by atoms with Crippen molar-refractivity contribution in [2.75, 3.05) is 0 Å². The predicted octanol–water partition coefficient (Wildman–Crippen LogP) is 8.13. The maximum Gasteiger partial charge on any atom is 0.346 e. The third-order valence-electron chi connectivity index (χ3n) is 6.31. The van der Waals surface area contributed by atoms with Gasteiger partial charge in [-0.1, -0.05) is 62.6 Å². The fourth-order valence-corrected chi connectivity index (χ4v) is 5.63. The van der Waals surface area contributed by atoms with Crippen molar-refractivity contribution in [1.82, 2.24) is 9.55 Å². The van der Waals surface area contributed by atoms with Gasteiger partial charge < -0.3 is 9.67 Å². The zero-order chi connectivity index (χ0) is 25.7. The second-order valence-electron chi connectivity index (χ2n) is 9.25. The lowest BCUT2D eigenvalue weighted by molar-refractivity contribution is -0.132. The van der Waals surface area contributed by atoms with E-state index in [1.165, 1.54) is 23.8 Å². The molecule has 2 aromatic heterocycles. The van der Waals surface area contributed by atoms with Gasteiger partial charge in [-0.2, -0.15) is 5.26 Å². The van der Waals surface area contributed by atoms with Crippen molar-refractivity contribution >= 4 is 34.4 Å². The van der Waals surface area contributed by atoms with Crippen LogP contribution in [-0.4, -0.2) is 20.6 Å². The maximum atomic E-state index is 11.4. The molecule has 0 aliphatic heterocycles. The zero-order valence-electron chi connectivity index (χ0n) is 21.0. The Bertz CT molecular complexity index is 1440. The molecule has 6 heteroatoms. The van der Waals surface area contributed by atoms with E-state index in [1.54, 1.807) is 0 Å². The van der Waals surface area contributed by atoms with E-state index in [0.29, 0.717) is 0 Å². The topological polar surface area (TPSA) is 78.9 Å². The van der Waals surface area contributed by atoms with Crippen molar-refractivity contribution in [1.29, 1.82) is 5.26 Å². The first kappa shape index (κ1) is 25.4. The number of aliphatic carboxylic acids is 1. The largest absolute Gasteiger partial charge is 0.477 e. The maximum absolute atomic E-state index is 11.4. The van der Waals surface area contributed by atoms with Crippen LogP contribution in [0.1, 0.15) is 62.9 Å². The number of hydrogen-bond donors (Lipinski definition) is 1. The summed E-state index contributed by atoms with van der Waals surface area (Å²) in [7, 11) is 0. The molecule has 0 unspecified atom stereocenters. The molecule has 5 nitrogen and oxygen atoms in total. The van der Waals surface area contributed by atoms with Gasteiger partial charge in [0.2, 0.25) is 0 Å². The second kappa shape index (κ2) is 11.4. The van der Waals surface area contributed by atoms with Gasteiger partial charge in [0, 0.05) is 21.4 Å². The number of aromatic nitrogens is 2. The molecule has 2 heterocycles. The van der Waals surface area contributed by atoms with Gasteiger partial charge in [-0.05, 0) is 62.1 Å². The number of rotatable bonds is 10. The Kier molecular flexibility index (Phi) is 8.02. The van der Waals surface area contributed by atoms with E-state index in [-0.39, 0.29) is 11.6 Å². The molecule has 0 amide bonds. The van der Waals surface area contributed by atoms with Crippen LogP contribution in [0.4, 0.5) is 0 Å². The highest BCUT2D eigenvalue weighted by atomic mass is 32.1. The van der Waals surface area contributed by atoms with E-state index in [1.807, 2.05) is 24.3 Å². The summed E-state index contributed by atoms with van der Waals surface area (Å²) in [5.41, 5.74) is 5.10. The summed E-state index contributed by atoms with van der Waals surface area (Å²) in [5.74, 6) is -0.244. The van der Waals surface area contributed by atoms with Gasteiger partial charge in [-0.15, -0.1) is 11.3 Å². The number of nitriles is 1. The Balaban J connectivity index is 1.69.